The molecule has 0 radical (unpaired) electrons. The maximum absolute atomic E-state index is 6.07. The molecular formula is C25H27N3O. The highest BCUT2D eigenvalue weighted by molar-refractivity contribution is 5.75. The van der Waals surface area contributed by atoms with Crippen LogP contribution in [0.3, 0.4) is 0 Å². The summed E-state index contributed by atoms with van der Waals surface area (Å²) < 4.78 is 10.5. The van der Waals surface area contributed by atoms with Crippen molar-refractivity contribution in [3.63, 3.8) is 0 Å². The van der Waals surface area contributed by atoms with E-state index in [1.165, 1.54) is 46.3 Å². The van der Waals surface area contributed by atoms with E-state index in [9.17, 15) is 0 Å². The molecule has 0 unspecified atom stereocenters. The standard InChI is InChI=1S/C25H27N3O/c1-3-19-9-13-21(14-10-19)29-17-24-26-28-16-23(20-11-7-18(2)8-12-20)22-6-4-5-15-27(24)25(22)28/h7-14,16H,3-6,15,17H2,1-2H3. The van der Waals surface area contributed by atoms with Crippen LogP contribution >= 0.6 is 0 Å². The van der Waals surface area contributed by atoms with E-state index in [1.54, 1.807) is 0 Å². The molecule has 3 heterocycles. The Morgan fingerprint density at radius 3 is 2.55 bits per heavy atom. The summed E-state index contributed by atoms with van der Waals surface area (Å²) in [4.78, 5) is 0. The Hall–Kier alpha value is -3.01. The SMILES string of the molecule is CCc1ccc(OCc2nn3cc(-c4ccc(C)cc4)c4c3n2CCCC4)cc1. The normalized spacial score (nSPS) is 13.6. The van der Waals surface area contributed by atoms with Gasteiger partial charge in [0, 0.05) is 23.9 Å². The third-order valence-electron chi connectivity index (χ3n) is 5.97. The molecule has 2 aromatic carbocycles. The summed E-state index contributed by atoms with van der Waals surface area (Å²) in [5.41, 5.74) is 7.85. The first-order valence-electron chi connectivity index (χ1n) is 10.6. The van der Waals surface area contributed by atoms with E-state index in [2.05, 4.69) is 77.7 Å². The molecule has 4 heteroatoms. The minimum atomic E-state index is 0.493. The number of nitrogens with zero attached hydrogens (tertiary/aromatic N) is 3. The topological polar surface area (TPSA) is 31.5 Å². The average molecular weight is 386 g/mol. The van der Waals surface area contributed by atoms with Gasteiger partial charge in [0.15, 0.2) is 5.82 Å². The summed E-state index contributed by atoms with van der Waals surface area (Å²) in [5.74, 6) is 1.90. The number of aryl methyl sites for hydroxylation is 4. The highest BCUT2D eigenvalue weighted by Crippen LogP contribution is 2.33. The Labute approximate surface area is 171 Å². The zero-order valence-electron chi connectivity index (χ0n) is 17.2. The largest absolute Gasteiger partial charge is 0.486 e. The van der Waals surface area contributed by atoms with Crippen molar-refractivity contribution < 1.29 is 4.74 Å². The number of hydrogen-bond acceptors (Lipinski definition) is 2. The quantitative estimate of drug-likeness (QED) is 0.448. The van der Waals surface area contributed by atoms with Crippen LogP contribution in [-0.2, 0) is 26.0 Å². The summed E-state index contributed by atoms with van der Waals surface area (Å²) in [6, 6.07) is 17.2. The Kier molecular flexibility index (Phi) is 4.62. The number of aromatic nitrogens is 3. The molecule has 1 aliphatic heterocycles. The van der Waals surface area contributed by atoms with Gasteiger partial charge < -0.3 is 9.30 Å². The maximum Gasteiger partial charge on any atom is 0.169 e. The number of benzene rings is 2. The van der Waals surface area contributed by atoms with Gasteiger partial charge in [-0.1, -0.05) is 48.9 Å². The number of hydrogen-bond donors (Lipinski definition) is 0. The molecule has 1 aliphatic rings. The van der Waals surface area contributed by atoms with Crippen molar-refractivity contribution in [2.45, 2.75) is 52.7 Å². The van der Waals surface area contributed by atoms with Crippen LogP contribution in [0.15, 0.2) is 54.7 Å². The van der Waals surface area contributed by atoms with Gasteiger partial charge in [-0.25, -0.2) is 4.52 Å². The van der Waals surface area contributed by atoms with Crippen LogP contribution in [0.1, 0.15) is 42.3 Å². The molecule has 0 aliphatic carbocycles. The summed E-state index contributed by atoms with van der Waals surface area (Å²) in [6.45, 7) is 5.79. The lowest BCUT2D eigenvalue weighted by atomic mass is 10.00. The van der Waals surface area contributed by atoms with Crippen molar-refractivity contribution in [1.82, 2.24) is 14.2 Å². The summed E-state index contributed by atoms with van der Waals surface area (Å²) >= 11 is 0. The predicted octanol–water partition coefficient (Wildman–Crippen LogP) is 5.59. The van der Waals surface area contributed by atoms with Gasteiger partial charge >= 0.3 is 0 Å². The van der Waals surface area contributed by atoms with Crippen LogP contribution in [0, 0.1) is 6.92 Å². The van der Waals surface area contributed by atoms with Gasteiger partial charge in [0.05, 0.1) is 0 Å². The van der Waals surface area contributed by atoms with Crippen molar-refractivity contribution in [1.29, 1.82) is 0 Å². The van der Waals surface area contributed by atoms with Crippen molar-refractivity contribution in [3.8, 4) is 16.9 Å². The highest BCUT2D eigenvalue weighted by Gasteiger charge is 2.22. The summed E-state index contributed by atoms with van der Waals surface area (Å²) in [7, 11) is 0. The van der Waals surface area contributed by atoms with Gasteiger partial charge in [-0.05, 0) is 55.9 Å². The lowest BCUT2D eigenvalue weighted by molar-refractivity contribution is 0.288. The van der Waals surface area contributed by atoms with Crippen LogP contribution in [0.2, 0.25) is 0 Å². The van der Waals surface area contributed by atoms with Crippen LogP contribution < -0.4 is 4.74 Å². The van der Waals surface area contributed by atoms with Crippen molar-refractivity contribution >= 4 is 5.65 Å². The summed E-state index contributed by atoms with van der Waals surface area (Å²) in [5, 5.41) is 4.89. The van der Waals surface area contributed by atoms with Gasteiger partial charge in [-0.15, -0.1) is 5.10 Å². The van der Waals surface area contributed by atoms with E-state index < -0.39 is 0 Å². The molecule has 0 atom stereocenters. The van der Waals surface area contributed by atoms with Crippen LogP contribution in [-0.4, -0.2) is 14.2 Å². The van der Waals surface area contributed by atoms with E-state index in [0.29, 0.717) is 6.61 Å². The first-order chi connectivity index (χ1) is 14.2. The molecule has 2 aromatic heterocycles. The van der Waals surface area contributed by atoms with Crippen LogP contribution in [0.4, 0.5) is 0 Å². The minimum Gasteiger partial charge on any atom is -0.486 e. The fraction of sp³-hybridized carbons (Fsp3) is 0.320. The van der Waals surface area contributed by atoms with Crippen LogP contribution in [0.25, 0.3) is 16.8 Å². The molecule has 0 saturated carbocycles. The molecular weight excluding hydrogens is 358 g/mol. The fourth-order valence-corrected chi connectivity index (χ4v) is 4.29. The fourth-order valence-electron chi connectivity index (χ4n) is 4.29. The summed E-state index contributed by atoms with van der Waals surface area (Å²) in [6.07, 6.45) is 6.72. The van der Waals surface area contributed by atoms with E-state index in [4.69, 9.17) is 9.84 Å². The second-order valence-electron chi connectivity index (χ2n) is 7.97. The molecule has 0 bridgehead atoms. The van der Waals surface area contributed by atoms with Crippen LogP contribution in [0.5, 0.6) is 5.75 Å². The average Bonchev–Trinajstić information content (AvgIpc) is 3.16. The van der Waals surface area contributed by atoms with Gasteiger partial charge in [0.2, 0.25) is 0 Å². The zero-order valence-corrected chi connectivity index (χ0v) is 17.2. The first-order valence-corrected chi connectivity index (χ1v) is 10.6. The minimum absolute atomic E-state index is 0.493. The first kappa shape index (κ1) is 18.0. The Morgan fingerprint density at radius 2 is 1.79 bits per heavy atom. The molecule has 0 spiro atoms. The smallest absolute Gasteiger partial charge is 0.169 e. The number of rotatable bonds is 5. The Balaban J connectivity index is 1.48. The van der Waals surface area contributed by atoms with Gasteiger partial charge in [-0.3, -0.25) is 0 Å². The van der Waals surface area contributed by atoms with E-state index in [-0.39, 0.29) is 0 Å². The van der Waals surface area contributed by atoms with Gasteiger partial charge in [-0.2, -0.15) is 0 Å². The van der Waals surface area contributed by atoms with Crippen molar-refractivity contribution in [2.75, 3.05) is 0 Å². The lowest BCUT2D eigenvalue weighted by Gasteiger charge is -2.09. The molecule has 0 N–H and O–H groups in total. The third-order valence-corrected chi connectivity index (χ3v) is 5.97. The van der Waals surface area contributed by atoms with Gasteiger partial charge in [0.1, 0.15) is 18.0 Å². The van der Waals surface area contributed by atoms with E-state index >= 15 is 0 Å². The molecule has 0 amide bonds. The molecule has 4 nitrogen and oxygen atoms in total. The predicted molar refractivity (Wildman–Crippen MR) is 116 cm³/mol. The molecule has 4 aromatic rings. The van der Waals surface area contributed by atoms with E-state index in [0.717, 1.165) is 31.0 Å². The molecule has 29 heavy (non-hydrogen) atoms. The van der Waals surface area contributed by atoms with Crippen molar-refractivity contribution in [2.24, 2.45) is 0 Å². The second kappa shape index (κ2) is 7.43. The van der Waals surface area contributed by atoms with Gasteiger partial charge in [0.25, 0.3) is 0 Å². The molecule has 0 fully saturated rings. The number of ether oxygens (including phenoxy) is 1. The third kappa shape index (κ3) is 3.33. The molecule has 5 rings (SSSR count). The monoisotopic (exact) mass is 385 g/mol. The molecule has 148 valence electrons. The van der Waals surface area contributed by atoms with Crippen molar-refractivity contribution in [3.05, 3.63) is 77.2 Å². The second-order valence-corrected chi connectivity index (χ2v) is 7.97. The molecule has 0 saturated heterocycles. The lowest BCUT2D eigenvalue weighted by Crippen LogP contribution is -2.07. The Bertz CT molecular complexity index is 1130. The van der Waals surface area contributed by atoms with E-state index in [1.807, 2.05) is 0 Å². The maximum atomic E-state index is 6.07. The zero-order chi connectivity index (χ0) is 19.8. The highest BCUT2D eigenvalue weighted by atomic mass is 16.5. The Morgan fingerprint density at radius 1 is 1.00 bits per heavy atom.